The first-order valence-corrected chi connectivity index (χ1v) is 11.2. The van der Waals surface area contributed by atoms with Crippen LogP contribution in [-0.2, 0) is 15.9 Å². The van der Waals surface area contributed by atoms with Crippen LogP contribution in [0.4, 0.5) is 0 Å². The van der Waals surface area contributed by atoms with Gasteiger partial charge in [0.25, 0.3) is 0 Å². The van der Waals surface area contributed by atoms with Crippen molar-refractivity contribution in [2.24, 2.45) is 0 Å². The molecule has 0 aromatic heterocycles. The van der Waals surface area contributed by atoms with Gasteiger partial charge in [-0.05, 0) is 35.1 Å². The number of aryl methyl sites for hydroxylation is 1. The predicted molar refractivity (Wildman–Crippen MR) is 118 cm³/mol. The van der Waals surface area contributed by atoms with Gasteiger partial charge in [-0.2, -0.15) is 0 Å². The lowest BCUT2D eigenvalue weighted by Gasteiger charge is -2.30. The molecule has 0 aliphatic carbocycles. The largest absolute Gasteiger partial charge is 0.373 e. The van der Waals surface area contributed by atoms with Crippen LogP contribution in [0.2, 0.25) is 0 Å². The van der Waals surface area contributed by atoms with E-state index < -0.39 is 0 Å². The molecule has 3 rings (SSSR count). The molecule has 2 atom stereocenters. The summed E-state index contributed by atoms with van der Waals surface area (Å²) in [7, 11) is 0. The van der Waals surface area contributed by atoms with Gasteiger partial charge in [0.1, 0.15) is 6.10 Å². The Balaban J connectivity index is 1.46. The van der Waals surface area contributed by atoms with Crippen LogP contribution in [0.25, 0.3) is 11.1 Å². The average Bonchev–Trinajstić information content (AvgIpc) is 2.75. The zero-order valence-corrected chi connectivity index (χ0v) is 17.7. The Morgan fingerprint density at radius 1 is 0.714 bits per heavy atom. The minimum absolute atomic E-state index is 0.0670. The molecule has 28 heavy (non-hydrogen) atoms. The van der Waals surface area contributed by atoms with E-state index in [4.69, 9.17) is 9.47 Å². The molecule has 0 saturated carbocycles. The molecule has 0 spiro atoms. The first-order chi connectivity index (χ1) is 13.8. The average molecular weight is 381 g/mol. The molecular weight excluding hydrogens is 344 g/mol. The minimum atomic E-state index is 0.0670. The van der Waals surface area contributed by atoms with Crippen LogP contribution in [0, 0.1) is 0 Å². The van der Waals surface area contributed by atoms with Crippen molar-refractivity contribution in [1.29, 1.82) is 0 Å². The van der Waals surface area contributed by atoms with E-state index in [0.717, 1.165) is 19.4 Å². The summed E-state index contributed by atoms with van der Waals surface area (Å²) in [6.45, 7) is 5.87. The minimum Gasteiger partial charge on any atom is -0.373 e. The zero-order chi connectivity index (χ0) is 19.6. The second kappa shape index (κ2) is 11.4. The van der Waals surface area contributed by atoms with Gasteiger partial charge in [0.2, 0.25) is 0 Å². The third kappa shape index (κ3) is 6.18. The van der Waals surface area contributed by atoms with Crippen molar-refractivity contribution in [1.82, 2.24) is 0 Å². The lowest BCUT2D eigenvalue weighted by molar-refractivity contribution is -0.137. The standard InChI is InChI=1S/C26H36O2/c1-3-5-6-7-8-10-25-19-28-26(20-27-25)24-17-15-23(16-18-24)22-13-11-21(9-4-2)12-14-22/h11-18,25-26H,3-10,19-20H2,1-2H3. The second-order valence-electron chi connectivity index (χ2n) is 8.05. The molecule has 2 nitrogen and oxygen atoms in total. The first-order valence-electron chi connectivity index (χ1n) is 11.2. The van der Waals surface area contributed by atoms with Gasteiger partial charge in [-0.1, -0.05) is 101 Å². The number of unbranched alkanes of at least 4 members (excludes halogenated alkanes) is 4. The molecule has 152 valence electrons. The number of rotatable bonds is 10. The summed E-state index contributed by atoms with van der Waals surface area (Å²) in [6, 6.07) is 17.7. The molecule has 1 aliphatic heterocycles. The molecule has 2 unspecified atom stereocenters. The molecule has 1 saturated heterocycles. The number of benzene rings is 2. The van der Waals surface area contributed by atoms with E-state index in [1.54, 1.807) is 0 Å². The monoisotopic (exact) mass is 380 g/mol. The van der Waals surface area contributed by atoms with Gasteiger partial charge in [-0.3, -0.25) is 0 Å². The Bertz CT molecular complexity index is 667. The van der Waals surface area contributed by atoms with E-state index >= 15 is 0 Å². The van der Waals surface area contributed by atoms with Crippen molar-refractivity contribution in [3.8, 4) is 11.1 Å². The van der Waals surface area contributed by atoms with Gasteiger partial charge in [0.05, 0.1) is 19.3 Å². The highest BCUT2D eigenvalue weighted by Crippen LogP contribution is 2.27. The molecular formula is C26H36O2. The van der Waals surface area contributed by atoms with Gasteiger partial charge < -0.3 is 9.47 Å². The highest BCUT2D eigenvalue weighted by molar-refractivity contribution is 5.64. The summed E-state index contributed by atoms with van der Waals surface area (Å²) in [6.07, 6.45) is 10.4. The smallest absolute Gasteiger partial charge is 0.106 e. The number of ether oxygens (including phenoxy) is 2. The molecule has 2 heteroatoms. The van der Waals surface area contributed by atoms with Gasteiger partial charge in [0.15, 0.2) is 0 Å². The molecule has 0 N–H and O–H groups in total. The van der Waals surface area contributed by atoms with Crippen LogP contribution in [-0.4, -0.2) is 19.3 Å². The van der Waals surface area contributed by atoms with E-state index in [1.165, 1.54) is 60.8 Å². The Labute approximate surface area is 171 Å². The Morgan fingerprint density at radius 2 is 1.39 bits per heavy atom. The summed E-state index contributed by atoms with van der Waals surface area (Å²) in [5, 5.41) is 0. The SMILES string of the molecule is CCCCCCCC1COC(c2ccc(-c3ccc(CCC)cc3)cc2)CO1. The van der Waals surface area contributed by atoms with E-state index in [1.807, 2.05) is 0 Å². The van der Waals surface area contributed by atoms with Crippen LogP contribution in [0.5, 0.6) is 0 Å². The second-order valence-corrected chi connectivity index (χ2v) is 8.05. The number of hydrogen-bond acceptors (Lipinski definition) is 2. The molecule has 1 heterocycles. The van der Waals surface area contributed by atoms with Gasteiger partial charge in [-0.15, -0.1) is 0 Å². The highest BCUT2D eigenvalue weighted by Gasteiger charge is 2.23. The van der Waals surface area contributed by atoms with E-state index in [9.17, 15) is 0 Å². The van der Waals surface area contributed by atoms with E-state index in [0.29, 0.717) is 6.61 Å². The van der Waals surface area contributed by atoms with Crippen molar-refractivity contribution < 1.29 is 9.47 Å². The normalized spacial score (nSPS) is 19.6. The van der Waals surface area contributed by atoms with E-state index in [2.05, 4.69) is 62.4 Å². The van der Waals surface area contributed by atoms with Gasteiger partial charge >= 0.3 is 0 Å². The van der Waals surface area contributed by atoms with Crippen LogP contribution in [0.15, 0.2) is 48.5 Å². The summed E-state index contributed by atoms with van der Waals surface area (Å²) in [5.41, 5.74) is 5.16. The van der Waals surface area contributed by atoms with Crippen LogP contribution in [0.3, 0.4) is 0 Å². The highest BCUT2D eigenvalue weighted by atomic mass is 16.6. The van der Waals surface area contributed by atoms with Gasteiger partial charge in [0, 0.05) is 0 Å². The summed E-state index contributed by atoms with van der Waals surface area (Å²) in [4.78, 5) is 0. The van der Waals surface area contributed by atoms with Crippen molar-refractivity contribution in [3.05, 3.63) is 59.7 Å². The maximum absolute atomic E-state index is 6.12. The summed E-state index contributed by atoms with van der Waals surface area (Å²) >= 11 is 0. The fraction of sp³-hybridized carbons (Fsp3) is 0.538. The molecule has 2 aromatic carbocycles. The van der Waals surface area contributed by atoms with Crippen LogP contribution in [0.1, 0.15) is 76.0 Å². The Morgan fingerprint density at radius 3 is 2.00 bits per heavy atom. The van der Waals surface area contributed by atoms with Crippen LogP contribution < -0.4 is 0 Å². The van der Waals surface area contributed by atoms with Crippen molar-refractivity contribution in [3.63, 3.8) is 0 Å². The number of hydrogen-bond donors (Lipinski definition) is 0. The van der Waals surface area contributed by atoms with Crippen molar-refractivity contribution in [2.45, 2.75) is 77.4 Å². The fourth-order valence-corrected chi connectivity index (χ4v) is 3.92. The third-order valence-corrected chi connectivity index (χ3v) is 5.70. The molecule has 0 radical (unpaired) electrons. The Kier molecular flexibility index (Phi) is 8.57. The van der Waals surface area contributed by atoms with Crippen molar-refractivity contribution >= 4 is 0 Å². The fourth-order valence-electron chi connectivity index (χ4n) is 3.92. The first kappa shape index (κ1) is 21.1. The predicted octanol–water partition coefficient (Wildman–Crippen LogP) is 7.12. The van der Waals surface area contributed by atoms with Crippen LogP contribution >= 0.6 is 0 Å². The quantitative estimate of drug-likeness (QED) is 0.408. The molecule has 0 bridgehead atoms. The maximum atomic E-state index is 6.12. The maximum Gasteiger partial charge on any atom is 0.106 e. The molecule has 2 aromatic rings. The van der Waals surface area contributed by atoms with Crippen molar-refractivity contribution in [2.75, 3.05) is 13.2 Å². The van der Waals surface area contributed by atoms with E-state index in [-0.39, 0.29) is 12.2 Å². The molecule has 1 fully saturated rings. The summed E-state index contributed by atoms with van der Waals surface area (Å²) < 4.78 is 12.2. The Hall–Kier alpha value is -1.64. The van der Waals surface area contributed by atoms with Gasteiger partial charge in [-0.25, -0.2) is 0 Å². The summed E-state index contributed by atoms with van der Waals surface area (Å²) in [5.74, 6) is 0. The lowest BCUT2D eigenvalue weighted by atomic mass is 9.99. The molecule has 0 amide bonds. The lowest BCUT2D eigenvalue weighted by Crippen LogP contribution is -2.31. The third-order valence-electron chi connectivity index (χ3n) is 5.70. The molecule has 1 aliphatic rings. The topological polar surface area (TPSA) is 18.5 Å². The zero-order valence-electron chi connectivity index (χ0n) is 17.7.